The van der Waals surface area contributed by atoms with Crippen molar-refractivity contribution in [3.05, 3.63) is 28.8 Å². The fourth-order valence-electron chi connectivity index (χ4n) is 2.07. The third-order valence-electron chi connectivity index (χ3n) is 2.94. The molecule has 0 bridgehead atoms. The molecule has 0 radical (unpaired) electrons. The fourth-order valence-corrected chi connectivity index (χ4v) is 2.34. The zero-order chi connectivity index (χ0) is 10.7. The molecule has 3 heteroatoms. The van der Waals surface area contributed by atoms with E-state index in [1.54, 1.807) is 7.11 Å². The summed E-state index contributed by atoms with van der Waals surface area (Å²) in [6.45, 7) is 2.20. The lowest BCUT2D eigenvalue weighted by Crippen LogP contribution is -2.28. The summed E-state index contributed by atoms with van der Waals surface area (Å²) in [7, 11) is 1.64. The van der Waals surface area contributed by atoms with Crippen LogP contribution >= 0.6 is 11.6 Å². The number of ether oxygens (including phenoxy) is 1. The van der Waals surface area contributed by atoms with Crippen molar-refractivity contribution >= 4 is 11.6 Å². The van der Waals surface area contributed by atoms with E-state index in [4.69, 9.17) is 16.3 Å². The molecule has 1 atom stereocenters. The Labute approximate surface area is 95.6 Å². The van der Waals surface area contributed by atoms with Crippen molar-refractivity contribution in [1.29, 1.82) is 0 Å². The van der Waals surface area contributed by atoms with Gasteiger partial charge in [0, 0.05) is 6.54 Å². The maximum atomic E-state index is 6.10. The van der Waals surface area contributed by atoms with Gasteiger partial charge in [0.1, 0.15) is 5.75 Å². The van der Waals surface area contributed by atoms with E-state index in [2.05, 4.69) is 11.4 Å². The molecule has 1 aliphatic rings. The molecule has 1 aliphatic heterocycles. The molecule has 2 rings (SSSR count). The lowest BCUT2D eigenvalue weighted by Gasteiger charge is -2.23. The van der Waals surface area contributed by atoms with E-state index < -0.39 is 0 Å². The first-order valence-corrected chi connectivity index (χ1v) is 5.73. The van der Waals surface area contributed by atoms with Crippen LogP contribution in [0.4, 0.5) is 0 Å². The van der Waals surface area contributed by atoms with E-state index in [9.17, 15) is 0 Å². The van der Waals surface area contributed by atoms with Gasteiger partial charge in [0.15, 0.2) is 0 Å². The normalized spacial score (nSPS) is 21.3. The SMILES string of the molecule is COc1ccc([C@@H]2CCCNC2)cc1Cl. The number of nitrogens with one attached hydrogen (secondary N) is 1. The monoisotopic (exact) mass is 225 g/mol. The van der Waals surface area contributed by atoms with Gasteiger partial charge in [0.05, 0.1) is 12.1 Å². The van der Waals surface area contributed by atoms with Crippen LogP contribution in [0.2, 0.25) is 5.02 Å². The summed E-state index contributed by atoms with van der Waals surface area (Å²) in [6.07, 6.45) is 2.49. The first-order chi connectivity index (χ1) is 7.31. The van der Waals surface area contributed by atoms with E-state index in [0.717, 1.165) is 18.8 Å². The first kappa shape index (κ1) is 10.8. The largest absolute Gasteiger partial charge is 0.495 e. The van der Waals surface area contributed by atoms with E-state index in [1.807, 2.05) is 12.1 Å². The number of hydrogen-bond acceptors (Lipinski definition) is 2. The Hall–Kier alpha value is -0.730. The number of halogens is 1. The molecule has 0 amide bonds. The molecule has 0 spiro atoms. The first-order valence-electron chi connectivity index (χ1n) is 5.35. The smallest absolute Gasteiger partial charge is 0.137 e. The number of piperidine rings is 1. The molecule has 1 N–H and O–H groups in total. The van der Waals surface area contributed by atoms with Crippen LogP contribution in [0.1, 0.15) is 24.3 Å². The summed E-state index contributed by atoms with van der Waals surface area (Å²) < 4.78 is 5.14. The molecule has 15 heavy (non-hydrogen) atoms. The standard InChI is InChI=1S/C12H16ClNO/c1-15-12-5-4-9(7-11(12)13)10-3-2-6-14-8-10/h4-5,7,10,14H,2-3,6,8H2,1H3/t10-/m1/s1. The third-order valence-corrected chi connectivity index (χ3v) is 3.24. The quantitative estimate of drug-likeness (QED) is 0.836. The molecule has 2 nitrogen and oxygen atoms in total. The van der Waals surface area contributed by atoms with E-state index in [0.29, 0.717) is 10.9 Å². The Kier molecular flexibility index (Phi) is 3.49. The zero-order valence-electron chi connectivity index (χ0n) is 8.92. The van der Waals surface area contributed by atoms with Gasteiger partial charge in [-0.25, -0.2) is 0 Å². The van der Waals surface area contributed by atoms with Crippen molar-refractivity contribution in [3.63, 3.8) is 0 Å². The Morgan fingerprint density at radius 2 is 2.33 bits per heavy atom. The van der Waals surface area contributed by atoms with Gasteiger partial charge < -0.3 is 10.1 Å². The highest BCUT2D eigenvalue weighted by Crippen LogP contribution is 2.30. The van der Waals surface area contributed by atoms with Crippen molar-refractivity contribution in [2.24, 2.45) is 0 Å². The van der Waals surface area contributed by atoms with E-state index in [1.165, 1.54) is 18.4 Å². The van der Waals surface area contributed by atoms with Gasteiger partial charge in [0.2, 0.25) is 0 Å². The maximum absolute atomic E-state index is 6.10. The van der Waals surface area contributed by atoms with E-state index in [-0.39, 0.29) is 0 Å². The van der Waals surface area contributed by atoms with Crippen molar-refractivity contribution in [3.8, 4) is 5.75 Å². The summed E-state index contributed by atoms with van der Waals surface area (Å²) in [6, 6.07) is 6.09. The van der Waals surface area contributed by atoms with Crippen LogP contribution in [0.15, 0.2) is 18.2 Å². The lowest BCUT2D eigenvalue weighted by atomic mass is 9.92. The predicted octanol–water partition coefficient (Wildman–Crippen LogP) is 2.82. The highest BCUT2D eigenvalue weighted by atomic mass is 35.5. The Bertz CT molecular complexity index is 334. The fraction of sp³-hybridized carbons (Fsp3) is 0.500. The number of benzene rings is 1. The molecular formula is C12H16ClNO. The second kappa shape index (κ2) is 4.86. The minimum absolute atomic E-state index is 0.599. The Morgan fingerprint density at radius 3 is 2.93 bits per heavy atom. The molecule has 0 saturated carbocycles. The van der Waals surface area contributed by atoms with Crippen molar-refractivity contribution < 1.29 is 4.74 Å². The minimum Gasteiger partial charge on any atom is -0.495 e. The molecule has 1 heterocycles. The van der Waals surface area contributed by atoms with Gasteiger partial charge in [-0.1, -0.05) is 17.7 Å². The molecule has 1 aromatic carbocycles. The average Bonchev–Trinajstić information content (AvgIpc) is 2.30. The minimum atomic E-state index is 0.599. The number of rotatable bonds is 2. The van der Waals surface area contributed by atoms with Crippen molar-refractivity contribution in [2.45, 2.75) is 18.8 Å². The van der Waals surface area contributed by atoms with Crippen molar-refractivity contribution in [1.82, 2.24) is 5.32 Å². The summed E-state index contributed by atoms with van der Waals surface area (Å²) >= 11 is 6.10. The van der Waals surface area contributed by atoms with Gasteiger partial charge in [-0.3, -0.25) is 0 Å². The molecule has 1 aromatic rings. The van der Waals surface area contributed by atoms with E-state index >= 15 is 0 Å². The lowest BCUT2D eigenvalue weighted by molar-refractivity contribution is 0.414. The molecule has 0 unspecified atom stereocenters. The van der Waals surface area contributed by atoms with Crippen LogP contribution < -0.4 is 10.1 Å². The van der Waals surface area contributed by atoms with Crippen LogP contribution in [0.3, 0.4) is 0 Å². The Morgan fingerprint density at radius 1 is 1.47 bits per heavy atom. The molecule has 1 fully saturated rings. The van der Waals surface area contributed by atoms with Gasteiger partial charge in [-0.15, -0.1) is 0 Å². The second-order valence-corrected chi connectivity index (χ2v) is 4.34. The molecule has 1 saturated heterocycles. The molecule has 82 valence electrons. The van der Waals surface area contributed by atoms with Gasteiger partial charge in [0.25, 0.3) is 0 Å². The van der Waals surface area contributed by atoms with Crippen LogP contribution in [-0.4, -0.2) is 20.2 Å². The number of hydrogen-bond donors (Lipinski definition) is 1. The second-order valence-electron chi connectivity index (χ2n) is 3.94. The van der Waals surface area contributed by atoms with Gasteiger partial charge in [-0.2, -0.15) is 0 Å². The summed E-state index contributed by atoms with van der Waals surface area (Å²) in [4.78, 5) is 0. The maximum Gasteiger partial charge on any atom is 0.137 e. The topological polar surface area (TPSA) is 21.3 Å². The summed E-state index contributed by atoms with van der Waals surface area (Å²) in [5.41, 5.74) is 1.31. The van der Waals surface area contributed by atoms with Crippen LogP contribution in [0.25, 0.3) is 0 Å². The van der Waals surface area contributed by atoms with Gasteiger partial charge >= 0.3 is 0 Å². The van der Waals surface area contributed by atoms with Crippen LogP contribution in [0, 0.1) is 0 Å². The zero-order valence-corrected chi connectivity index (χ0v) is 9.68. The average molecular weight is 226 g/mol. The van der Waals surface area contributed by atoms with Gasteiger partial charge in [-0.05, 0) is 43.0 Å². The predicted molar refractivity (Wildman–Crippen MR) is 62.8 cm³/mol. The molecule has 0 aliphatic carbocycles. The highest BCUT2D eigenvalue weighted by Gasteiger charge is 2.15. The van der Waals surface area contributed by atoms with Crippen LogP contribution in [-0.2, 0) is 0 Å². The molecule has 0 aromatic heterocycles. The molecular weight excluding hydrogens is 210 g/mol. The highest BCUT2D eigenvalue weighted by molar-refractivity contribution is 6.32. The third kappa shape index (κ3) is 2.44. The van der Waals surface area contributed by atoms with Crippen LogP contribution in [0.5, 0.6) is 5.75 Å². The van der Waals surface area contributed by atoms with Crippen molar-refractivity contribution in [2.75, 3.05) is 20.2 Å². The summed E-state index contributed by atoms with van der Waals surface area (Å²) in [5.74, 6) is 1.35. The Balaban J connectivity index is 2.17. The summed E-state index contributed by atoms with van der Waals surface area (Å²) in [5, 5.41) is 4.12. The number of methoxy groups -OCH3 is 1.